The summed E-state index contributed by atoms with van der Waals surface area (Å²) in [6.45, 7) is 4.08. The van der Waals surface area contributed by atoms with Gasteiger partial charge in [-0.3, -0.25) is 9.59 Å². The molecule has 3 heterocycles. The molecule has 158 valence electrons. The minimum atomic E-state index is -0.533. The Morgan fingerprint density at radius 1 is 1.28 bits per heavy atom. The van der Waals surface area contributed by atoms with Gasteiger partial charge in [0, 0.05) is 50.7 Å². The van der Waals surface area contributed by atoms with Crippen molar-refractivity contribution in [2.75, 3.05) is 51.4 Å². The largest absolute Gasteiger partial charge is 0.396 e. The number of aliphatic hydroxyl groups excluding tert-OH is 1. The molecule has 2 amide bonds. The first-order chi connectivity index (χ1) is 14.0. The Bertz CT molecular complexity index is 767. The number of piperidine rings is 1. The van der Waals surface area contributed by atoms with Gasteiger partial charge in [0.25, 0.3) is 5.91 Å². The van der Waals surface area contributed by atoms with E-state index in [2.05, 4.69) is 10.2 Å². The smallest absolute Gasteiger partial charge is 0.251 e. The molecule has 7 nitrogen and oxygen atoms in total. The topological polar surface area (TPSA) is 82.1 Å². The molecular weight excluding hydrogens is 370 g/mol. The molecule has 1 spiro atoms. The number of carbonyl (C=O) groups is 2. The molecule has 0 aromatic heterocycles. The second-order valence-electron chi connectivity index (χ2n) is 8.46. The Kier molecular flexibility index (Phi) is 5.90. The van der Waals surface area contributed by atoms with Crippen LogP contribution in [0.5, 0.6) is 0 Å². The number of nitrogens with zero attached hydrogens (tertiary/aromatic N) is 2. The Hall–Kier alpha value is -1.96. The quantitative estimate of drug-likeness (QED) is 0.777. The molecule has 3 aliphatic heterocycles. The van der Waals surface area contributed by atoms with Crippen LogP contribution in [0.4, 0.5) is 5.69 Å². The average Bonchev–Trinajstić information content (AvgIpc) is 2.96. The predicted molar refractivity (Wildman–Crippen MR) is 110 cm³/mol. The molecule has 0 saturated carbocycles. The van der Waals surface area contributed by atoms with Crippen molar-refractivity contribution in [2.45, 2.75) is 43.6 Å². The van der Waals surface area contributed by atoms with Crippen LogP contribution in [0.3, 0.4) is 0 Å². The van der Waals surface area contributed by atoms with Crippen molar-refractivity contribution < 1.29 is 19.4 Å². The van der Waals surface area contributed by atoms with Crippen LogP contribution in [0.25, 0.3) is 0 Å². The van der Waals surface area contributed by atoms with Crippen molar-refractivity contribution in [3.05, 3.63) is 29.3 Å². The SMILES string of the molecule is CN1C(=O)C2(CCN(CCCO)CC2)c2cc(C(=O)NC3CCOCC3)ccc21. The van der Waals surface area contributed by atoms with E-state index in [9.17, 15) is 9.59 Å². The van der Waals surface area contributed by atoms with Crippen LogP contribution in [-0.2, 0) is 14.9 Å². The van der Waals surface area contributed by atoms with Gasteiger partial charge in [-0.05, 0) is 69.0 Å². The first kappa shape index (κ1) is 20.3. The molecule has 1 aromatic carbocycles. The number of aliphatic hydroxyl groups is 1. The van der Waals surface area contributed by atoms with E-state index in [1.807, 2.05) is 25.2 Å². The number of hydrogen-bond donors (Lipinski definition) is 2. The number of likely N-dealkylation sites (N-methyl/N-ethyl adjacent to an activating group) is 1. The van der Waals surface area contributed by atoms with Gasteiger partial charge >= 0.3 is 0 Å². The summed E-state index contributed by atoms with van der Waals surface area (Å²) >= 11 is 0. The summed E-state index contributed by atoms with van der Waals surface area (Å²) in [6, 6.07) is 5.83. The lowest BCUT2D eigenvalue weighted by atomic mass is 9.73. The number of hydrogen-bond acceptors (Lipinski definition) is 5. The highest BCUT2D eigenvalue weighted by Crippen LogP contribution is 2.47. The van der Waals surface area contributed by atoms with Gasteiger partial charge in [0.1, 0.15) is 0 Å². The minimum Gasteiger partial charge on any atom is -0.396 e. The van der Waals surface area contributed by atoms with Gasteiger partial charge in [-0.1, -0.05) is 0 Å². The van der Waals surface area contributed by atoms with Crippen LogP contribution in [-0.4, -0.2) is 74.4 Å². The maximum Gasteiger partial charge on any atom is 0.251 e. The fraction of sp³-hybridized carbons (Fsp3) is 0.636. The van der Waals surface area contributed by atoms with Crippen molar-refractivity contribution in [1.82, 2.24) is 10.2 Å². The van der Waals surface area contributed by atoms with E-state index in [-0.39, 0.29) is 24.5 Å². The molecule has 0 bridgehead atoms. The van der Waals surface area contributed by atoms with E-state index in [1.54, 1.807) is 4.90 Å². The third-order valence-electron chi connectivity index (χ3n) is 6.75. The number of likely N-dealkylation sites (tertiary alicyclic amines) is 1. The van der Waals surface area contributed by atoms with Crippen LogP contribution in [0.1, 0.15) is 48.0 Å². The highest BCUT2D eigenvalue weighted by Gasteiger charge is 2.51. The lowest BCUT2D eigenvalue weighted by Crippen LogP contribution is -2.48. The highest BCUT2D eigenvalue weighted by atomic mass is 16.5. The van der Waals surface area contributed by atoms with Gasteiger partial charge < -0.3 is 25.0 Å². The normalized spacial score (nSPS) is 22.1. The Morgan fingerprint density at radius 3 is 2.69 bits per heavy atom. The van der Waals surface area contributed by atoms with Gasteiger partial charge in [-0.25, -0.2) is 0 Å². The third-order valence-corrected chi connectivity index (χ3v) is 6.75. The number of fused-ring (bicyclic) bond motifs is 2. The van der Waals surface area contributed by atoms with Crippen molar-refractivity contribution in [2.24, 2.45) is 0 Å². The summed E-state index contributed by atoms with van der Waals surface area (Å²) in [4.78, 5) is 30.1. The van der Waals surface area contributed by atoms with Gasteiger partial charge in [0.15, 0.2) is 0 Å². The van der Waals surface area contributed by atoms with E-state index in [4.69, 9.17) is 9.84 Å². The zero-order chi connectivity index (χ0) is 20.4. The molecule has 4 rings (SSSR count). The lowest BCUT2D eigenvalue weighted by molar-refractivity contribution is -0.124. The van der Waals surface area contributed by atoms with Crippen LogP contribution in [0.15, 0.2) is 18.2 Å². The summed E-state index contributed by atoms with van der Waals surface area (Å²) in [5.74, 6) is 0.0635. The van der Waals surface area contributed by atoms with Crippen LogP contribution in [0.2, 0.25) is 0 Å². The maximum absolute atomic E-state index is 13.2. The number of benzene rings is 1. The van der Waals surface area contributed by atoms with Crippen molar-refractivity contribution in [3.63, 3.8) is 0 Å². The Balaban J connectivity index is 1.54. The zero-order valence-electron chi connectivity index (χ0n) is 17.2. The second-order valence-corrected chi connectivity index (χ2v) is 8.46. The van der Waals surface area contributed by atoms with Crippen LogP contribution < -0.4 is 10.2 Å². The molecule has 0 radical (unpaired) electrons. The van der Waals surface area contributed by atoms with Gasteiger partial charge in [0.05, 0.1) is 5.41 Å². The monoisotopic (exact) mass is 401 g/mol. The van der Waals surface area contributed by atoms with Crippen LogP contribution in [0, 0.1) is 0 Å². The highest BCUT2D eigenvalue weighted by molar-refractivity contribution is 6.09. The summed E-state index contributed by atoms with van der Waals surface area (Å²) < 4.78 is 5.37. The predicted octanol–water partition coefficient (Wildman–Crippen LogP) is 1.29. The summed E-state index contributed by atoms with van der Waals surface area (Å²) in [5.41, 5.74) is 2.00. The fourth-order valence-corrected chi connectivity index (χ4v) is 4.95. The molecule has 0 atom stereocenters. The molecule has 7 heteroatoms. The number of ether oxygens (including phenoxy) is 1. The van der Waals surface area contributed by atoms with Crippen molar-refractivity contribution in [3.8, 4) is 0 Å². The molecule has 2 fully saturated rings. The van der Waals surface area contributed by atoms with Crippen molar-refractivity contribution in [1.29, 1.82) is 0 Å². The Labute approximate surface area is 172 Å². The summed E-state index contributed by atoms with van der Waals surface area (Å²) in [6.07, 6.45) is 3.93. The van der Waals surface area contributed by atoms with E-state index < -0.39 is 5.41 Å². The fourth-order valence-electron chi connectivity index (χ4n) is 4.95. The number of carbonyl (C=O) groups excluding carboxylic acids is 2. The summed E-state index contributed by atoms with van der Waals surface area (Å²) in [5, 5.41) is 12.2. The van der Waals surface area contributed by atoms with E-state index in [1.165, 1.54) is 0 Å². The molecule has 29 heavy (non-hydrogen) atoms. The lowest BCUT2D eigenvalue weighted by Gasteiger charge is -2.38. The maximum atomic E-state index is 13.2. The second kappa shape index (κ2) is 8.42. The third kappa shape index (κ3) is 3.79. The van der Waals surface area contributed by atoms with Crippen LogP contribution >= 0.6 is 0 Å². The molecule has 3 aliphatic rings. The van der Waals surface area contributed by atoms with E-state index >= 15 is 0 Å². The number of nitrogens with one attached hydrogen (secondary N) is 1. The molecule has 1 aromatic rings. The molecule has 0 unspecified atom stereocenters. The van der Waals surface area contributed by atoms with Crippen molar-refractivity contribution >= 4 is 17.5 Å². The first-order valence-electron chi connectivity index (χ1n) is 10.7. The van der Waals surface area contributed by atoms with E-state index in [0.717, 1.165) is 63.0 Å². The standard InChI is InChI=1S/C22H31N3O4/c1-24-19-4-3-16(20(27)23-17-5-13-29-14-6-17)15-18(19)22(21(24)28)7-10-25(11-8-22)9-2-12-26/h3-4,15,17,26H,2,5-14H2,1H3,(H,23,27). The Morgan fingerprint density at radius 2 is 2.00 bits per heavy atom. The number of rotatable bonds is 5. The number of amides is 2. The molecular formula is C22H31N3O4. The zero-order valence-corrected chi connectivity index (χ0v) is 17.2. The van der Waals surface area contributed by atoms with Gasteiger partial charge in [-0.2, -0.15) is 0 Å². The number of anilines is 1. The van der Waals surface area contributed by atoms with E-state index in [0.29, 0.717) is 18.8 Å². The van der Waals surface area contributed by atoms with Gasteiger partial charge in [-0.15, -0.1) is 0 Å². The minimum absolute atomic E-state index is 0.0720. The summed E-state index contributed by atoms with van der Waals surface area (Å²) in [7, 11) is 1.83. The molecule has 2 saturated heterocycles. The van der Waals surface area contributed by atoms with Gasteiger partial charge in [0.2, 0.25) is 5.91 Å². The average molecular weight is 402 g/mol. The first-order valence-corrected chi connectivity index (χ1v) is 10.7. The molecule has 2 N–H and O–H groups in total. The molecule has 0 aliphatic carbocycles.